The predicted molar refractivity (Wildman–Crippen MR) is 197 cm³/mol. The molecule has 0 spiro atoms. The van der Waals surface area contributed by atoms with Gasteiger partial charge in [-0.05, 0) is 114 Å². The summed E-state index contributed by atoms with van der Waals surface area (Å²) < 4.78 is 2.47. The van der Waals surface area contributed by atoms with Gasteiger partial charge in [0, 0.05) is 16.5 Å². The van der Waals surface area contributed by atoms with Gasteiger partial charge in [-0.15, -0.1) is 0 Å². The van der Waals surface area contributed by atoms with Crippen LogP contribution >= 0.6 is 0 Å². The van der Waals surface area contributed by atoms with Crippen molar-refractivity contribution in [1.29, 1.82) is 0 Å². The van der Waals surface area contributed by atoms with Gasteiger partial charge in [0.05, 0.1) is 11.0 Å². The maximum Gasteiger partial charge on any atom is 0.0553 e. The third kappa shape index (κ3) is 3.05. The first-order chi connectivity index (χ1) is 22.7. The Morgan fingerprint density at radius 2 is 1.07 bits per heavy atom. The molecule has 1 aliphatic carbocycles. The number of nitrogens with zero attached hydrogens (tertiary/aromatic N) is 1. The summed E-state index contributed by atoms with van der Waals surface area (Å²) in [5, 5.41) is 13.2. The van der Waals surface area contributed by atoms with Crippen LogP contribution in [0.15, 0.2) is 146 Å². The fraction of sp³-hybridized carbons (Fsp3) is 0.0222. The summed E-state index contributed by atoms with van der Waals surface area (Å²) >= 11 is 0. The van der Waals surface area contributed by atoms with E-state index in [9.17, 15) is 0 Å². The van der Waals surface area contributed by atoms with Gasteiger partial charge in [0.1, 0.15) is 0 Å². The molecule has 0 saturated carbocycles. The van der Waals surface area contributed by atoms with Gasteiger partial charge < -0.3 is 4.57 Å². The first-order valence-electron chi connectivity index (χ1n) is 16.1. The average Bonchev–Trinajstić information content (AvgIpc) is 3.61. The van der Waals surface area contributed by atoms with E-state index < -0.39 is 0 Å². The van der Waals surface area contributed by atoms with Crippen molar-refractivity contribution < 1.29 is 0 Å². The molecule has 1 nitrogen and oxygen atoms in total. The van der Waals surface area contributed by atoms with E-state index in [0.29, 0.717) is 0 Å². The van der Waals surface area contributed by atoms with Crippen LogP contribution in [0.2, 0.25) is 0 Å². The third-order valence-corrected chi connectivity index (χ3v) is 10.5. The number of aryl methyl sites for hydroxylation is 1. The van der Waals surface area contributed by atoms with E-state index in [1.165, 1.54) is 110 Å². The fourth-order valence-electron chi connectivity index (χ4n) is 8.51. The predicted octanol–water partition coefficient (Wildman–Crippen LogP) is 12.5. The lowest BCUT2D eigenvalue weighted by atomic mass is 9.89. The van der Waals surface area contributed by atoms with Gasteiger partial charge in [-0.2, -0.15) is 0 Å². The van der Waals surface area contributed by atoms with Crippen molar-refractivity contribution in [1.82, 2.24) is 4.57 Å². The van der Waals surface area contributed by atoms with Crippen LogP contribution in [-0.2, 0) is 0 Å². The van der Waals surface area contributed by atoms with E-state index in [-0.39, 0.29) is 0 Å². The summed E-state index contributed by atoms with van der Waals surface area (Å²) in [6.07, 6.45) is 0. The highest BCUT2D eigenvalue weighted by atomic mass is 15.0. The zero-order valence-corrected chi connectivity index (χ0v) is 25.3. The Balaban J connectivity index is 1.27. The molecular formula is C45H27N. The van der Waals surface area contributed by atoms with E-state index in [1.807, 2.05) is 0 Å². The fourth-order valence-corrected chi connectivity index (χ4v) is 8.51. The highest BCUT2D eigenvalue weighted by Gasteiger charge is 2.25. The molecule has 1 aromatic heterocycles. The lowest BCUT2D eigenvalue weighted by Gasteiger charge is -2.14. The number of benzene rings is 9. The molecule has 0 unspecified atom stereocenters. The number of hydrogen-bond donors (Lipinski definition) is 0. The van der Waals surface area contributed by atoms with E-state index in [2.05, 4.69) is 157 Å². The van der Waals surface area contributed by atoms with Crippen LogP contribution in [0.3, 0.4) is 0 Å². The Morgan fingerprint density at radius 3 is 1.89 bits per heavy atom. The molecule has 1 aliphatic rings. The van der Waals surface area contributed by atoms with Crippen LogP contribution in [0.5, 0.6) is 0 Å². The first kappa shape index (κ1) is 24.4. The van der Waals surface area contributed by atoms with Crippen LogP contribution in [0.4, 0.5) is 0 Å². The molecular weight excluding hydrogens is 555 g/mol. The Labute approximate surface area is 265 Å². The van der Waals surface area contributed by atoms with E-state index in [0.717, 1.165) is 0 Å². The van der Waals surface area contributed by atoms with Crippen molar-refractivity contribution in [3.05, 3.63) is 151 Å². The third-order valence-electron chi connectivity index (χ3n) is 10.5. The van der Waals surface area contributed by atoms with Gasteiger partial charge in [0.25, 0.3) is 0 Å². The van der Waals surface area contributed by atoms with Crippen molar-refractivity contribution in [2.24, 2.45) is 0 Å². The first-order valence-corrected chi connectivity index (χ1v) is 16.1. The van der Waals surface area contributed by atoms with Crippen LogP contribution < -0.4 is 0 Å². The van der Waals surface area contributed by atoms with Gasteiger partial charge >= 0.3 is 0 Å². The monoisotopic (exact) mass is 581 g/mol. The Hall–Kier alpha value is -5.92. The van der Waals surface area contributed by atoms with E-state index in [4.69, 9.17) is 0 Å². The Morgan fingerprint density at radius 1 is 0.370 bits per heavy atom. The van der Waals surface area contributed by atoms with Crippen LogP contribution in [0.1, 0.15) is 5.56 Å². The van der Waals surface area contributed by atoms with Crippen molar-refractivity contribution in [3.8, 4) is 39.1 Å². The molecule has 212 valence electrons. The van der Waals surface area contributed by atoms with Gasteiger partial charge in [-0.3, -0.25) is 0 Å². The summed E-state index contributed by atoms with van der Waals surface area (Å²) in [6.45, 7) is 2.16. The number of hydrogen-bond acceptors (Lipinski definition) is 0. The van der Waals surface area contributed by atoms with E-state index in [1.54, 1.807) is 0 Å². The Kier molecular flexibility index (Phi) is 4.57. The molecule has 46 heavy (non-hydrogen) atoms. The van der Waals surface area contributed by atoms with Crippen molar-refractivity contribution >= 4 is 64.9 Å². The second-order valence-corrected chi connectivity index (χ2v) is 13.0. The molecule has 0 atom stereocenters. The number of aromatic nitrogens is 1. The molecule has 0 bridgehead atoms. The molecule has 0 saturated heterocycles. The van der Waals surface area contributed by atoms with Crippen molar-refractivity contribution in [2.75, 3.05) is 0 Å². The second-order valence-electron chi connectivity index (χ2n) is 13.0. The van der Waals surface area contributed by atoms with Crippen molar-refractivity contribution in [2.45, 2.75) is 6.92 Å². The minimum Gasteiger partial charge on any atom is -0.309 e. The summed E-state index contributed by atoms with van der Waals surface area (Å²) in [5.41, 5.74) is 12.8. The smallest absolute Gasteiger partial charge is 0.0553 e. The molecule has 11 rings (SSSR count). The summed E-state index contributed by atoms with van der Waals surface area (Å²) in [4.78, 5) is 0. The standard InChI is InChI=1S/C45H27N/c1-26-12-19-31(20-13-26)46-40-23-18-30(32-21-16-29-15-14-27-6-4-7-28-17-22-36(32)43(29)42(27)28)24-39(40)45-37-11-5-10-35-33-8-2-3-9-34(33)38(44(35)37)25-41(45)46/h2-25H,1H3. The summed E-state index contributed by atoms with van der Waals surface area (Å²) in [6, 6.07) is 54.7. The molecule has 0 aliphatic heterocycles. The zero-order chi connectivity index (χ0) is 30.1. The largest absolute Gasteiger partial charge is 0.309 e. The SMILES string of the molecule is Cc1ccc(-n2c3ccc(-c4ccc5ccc6cccc7ccc4c5c67)cc3c3c4cccc5c4c(cc32)-c2ccccc2-5)cc1. The minimum absolute atomic E-state index is 1.19. The quantitative estimate of drug-likeness (QED) is 0.179. The van der Waals surface area contributed by atoms with Crippen LogP contribution in [-0.4, -0.2) is 4.57 Å². The summed E-state index contributed by atoms with van der Waals surface area (Å²) in [5.74, 6) is 0. The lowest BCUT2D eigenvalue weighted by molar-refractivity contribution is 1.18. The molecule has 10 aromatic rings. The highest BCUT2D eigenvalue weighted by molar-refractivity contribution is 6.30. The molecule has 1 heterocycles. The summed E-state index contributed by atoms with van der Waals surface area (Å²) in [7, 11) is 0. The average molecular weight is 582 g/mol. The molecule has 9 aromatic carbocycles. The maximum atomic E-state index is 2.47. The lowest BCUT2D eigenvalue weighted by Crippen LogP contribution is -1.94. The van der Waals surface area contributed by atoms with Crippen LogP contribution in [0.25, 0.3) is 104 Å². The second kappa shape index (κ2) is 8.62. The topological polar surface area (TPSA) is 4.93 Å². The Bertz CT molecular complexity index is 2890. The zero-order valence-electron chi connectivity index (χ0n) is 25.3. The molecule has 0 N–H and O–H groups in total. The van der Waals surface area contributed by atoms with Crippen LogP contribution in [0, 0.1) is 6.92 Å². The molecule has 0 radical (unpaired) electrons. The van der Waals surface area contributed by atoms with Gasteiger partial charge in [-0.25, -0.2) is 0 Å². The highest BCUT2D eigenvalue weighted by Crippen LogP contribution is 2.51. The normalized spacial score (nSPS) is 12.5. The number of fused-ring (bicyclic) bond motifs is 7. The maximum absolute atomic E-state index is 2.47. The van der Waals surface area contributed by atoms with Gasteiger partial charge in [0.15, 0.2) is 0 Å². The van der Waals surface area contributed by atoms with Gasteiger partial charge in [-0.1, -0.05) is 121 Å². The molecule has 0 amide bonds. The number of rotatable bonds is 2. The van der Waals surface area contributed by atoms with Gasteiger partial charge in [0.2, 0.25) is 0 Å². The van der Waals surface area contributed by atoms with E-state index >= 15 is 0 Å². The van der Waals surface area contributed by atoms with Crippen molar-refractivity contribution in [3.63, 3.8) is 0 Å². The minimum atomic E-state index is 1.19. The molecule has 1 heteroatoms. The molecule has 0 fully saturated rings.